The normalized spacial score (nSPS) is 16.3. The Morgan fingerprint density at radius 1 is 1.04 bits per heavy atom. The standard InChI is InChI=1S/C21H27N3O3/c1-16(2)19(22-20(25)18-9-6-14-27-18)21(26)24-12-10-23(11-13-24)15-17-7-4-3-5-8-17/h3-9,14,16,19H,10-13,15H2,1-2H3,(H,22,25)/t19-/m0/s1. The molecule has 0 unspecified atom stereocenters. The number of piperazine rings is 1. The van der Waals surface area contributed by atoms with Crippen LogP contribution in [0.5, 0.6) is 0 Å². The van der Waals surface area contributed by atoms with Gasteiger partial charge in [0.25, 0.3) is 5.91 Å². The minimum absolute atomic E-state index is 0.00115. The molecule has 1 aromatic heterocycles. The quantitative estimate of drug-likeness (QED) is 0.849. The van der Waals surface area contributed by atoms with Gasteiger partial charge in [-0.2, -0.15) is 0 Å². The molecule has 1 fully saturated rings. The number of benzene rings is 1. The number of furan rings is 1. The Bertz CT molecular complexity index is 735. The van der Waals surface area contributed by atoms with E-state index < -0.39 is 6.04 Å². The van der Waals surface area contributed by atoms with Crippen LogP contribution in [-0.4, -0.2) is 53.8 Å². The molecule has 1 aliphatic rings. The molecule has 1 N–H and O–H groups in total. The summed E-state index contributed by atoms with van der Waals surface area (Å²) in [6, 6.07) is 13.1. The molecule has 27 heavy (non-hydrogen) atoms. The van der Waals surface area contributed by atoms with Gasteiger partial charge in [0, 0.05) is 32.7 Å². The van der Waals surface area contributed by atoms with Crippen molar-refractivity contribution in [2.24, 2.45) is 5.92 Å². The van der Waals surface area contributed by atoms with Gasteiger partial charge in [0.2, 0.25) is 5.91 Å². The number of hydrogen-bond donors (Lipinski definition) is 1. The fraction of sp³-hybridized carbons (Fsp3) is 0.429. The molecule has 0 aliphatic carbocycles. The van der Waals surface area contributed by atoms with E-state index in [9.17, 15) is 9.59 Å². The van der Waals surface area contributed by atoms with Crippen molar-refractivity contribution in [3.8, 4) is 0 Å². The third-order valence-corrected chi connectivity index (χ3v) is 4.90. The molecule has 2 aromatic rings. The Balaban J connectivity index is 1.55. The van der Waals surface area contributed by atoms with E-state index in [-0.39, 0.29) is 23.5 Å². The van der Waals surface area contributed by atoms with Gasteiger partial charge in [0.1, 0.15) is 6.04 Å². The highest BCUT2D eigenvalue weighted by Gasteiger charge is 2.31. The van der Waals surface area contributed by atoms with E-state index in [1.165, 1.54) is 11.8 Å². The summed E-state index contributed by atoms with van der Waals surface area (Å²) in [5, 5.41) is 2.83. The van der Waals surface area contributed by atoms with E-state index in [1.54, 1.807) is 12.1 Å². The molecule has 0 bridgehead atoms. The topological polar surface area (TPSA) is 65.8 Å². The van der Waals surface area contributed by atoms with Crippen LogP contribution in [0.25, 0.3) is 0 Å². The van der Waals surface area contributed by atoms with Gasteiger partial charge in [-0.1, -0.05) is 44.2 Å². The Morgan fingerprint density at radius 2 is 1.74 bits per heavy atom. The fourth-order valence-electron chi connectivity index (χ4n) is 3.30. The van der Waals surface area contributed by atoms with Crippen LogP contribution in [0.2, 0.25) is 0 Å². The minimum atomic E-state index is -0.553. The maximum atomic E-state index is 13.0. The van der Waals surface area contributed by atoms with Crippen molar-refractivity contribution in [2.75, 3.05) is 26.2 Å². The number of nitrogens with zero attached hydrogens (tertiary/aromatic N) is 2. The van der Waals surface area contributed by atoms with E-state index in [0.717, 1.165) is 19.6 Å². The van der Waals surface area contributed by atoms with E-state index in [2.05, 4.69) is 22.3 Å². The highest BCUT2D eigenvalue weighted by atomic mass is 16.3. The van der Waals surface area contributed by atoms with E-state index in [4.69, 9.17) is 4.42 Å². The van der Waals surface area contributed by atoms with Crippen LogP contribution in [0, 0.1) is 5.92 Å². The summed E-state index contributed by atoms with van der Waals surface area (Å²) in [7, 11) is 0. The molecule has 6 heteroatoms. The van der Waals surface area contributed by atoms with Gasteiger partial charge in [-0.3, -0.25) is 14.5 Å². The molecule has 0 saturated carbocycles. The first-order valence-corrected chi connectivity index (χ1v) is 9.44. The van der Waals surface area contributed by atoms with Crippen molar-refractivity contribution >= 4 is 11.8 Å². The molecular weight excluding hydrogens is 342 g/mol. The van der Waals surface area contributed by atoms with Crippen LogP contribution in [0.4, 0.5) is 0 Å². The van der Waals surface area contributed by atoms with Crippen molar-refractivity contribution < 1.29 is 14.0 Å². The highest BCUT2D eigenvalue weighted by Crippen LogP contribution is 2.13. The van der Waals surface area contributed by atoms with Crippen molar-refractivity contribution in [3.05, 3.63) is 60.1 Å². The summed E-state index contributed by atoms with van der Waals surface area (Å²) in [4.78, 5) is 29.5. The molecule has 2 heterocycles. The van der Waals surface area contributed by atoms with Gasteiger partial charge in [-0.05, 0) is 23.6 Å². The molecule has 1 saturated heterocycles. The third-order valence-electron chi connectivity index (χ3n) is 4.90. The summed E-state index contributed by atoms with van der Waals surface area (Å²) in [5.41, 5.74) is 1.28. The van der Waals surface area contributed by atoms with Gasteiger partial charge in [-0.25, -0.2) is 0 Å². The zero-order valence-corrected chi connectivity index (χ0v) is 15.9. The predicted molar refractivity (Wildman–Crippen MR) is 103 cm³/mol. The number of carbonyl (C=O) groups is 2. The first-order valence-electron chi connectivity index (χ1n) is 9.44. The van der Waals surface area contributed by atoms with Crippen LogP contribution < -0.4 is 5.32 Å². The third kappa shape index (κ3) is 4.98. The van der Waals surface area contributed by atoms with Crippen LogP contribution in [0.3, 0.4) is 0 Å². The largest absolute Gasteiger partial charge is 0.459 e. The Morgan fingerprint density at radius 3 is 2.33 bits per heavy atom. The first kappa shape index (κ1) is 19.2. The zero-order valence-electron chi connectivity index (χ0n) is 15.9. The number of rotatable bonds is 6. The Hall–Kier alpha value is -2.60. The van der Waals surface area contributed by atoms with Crippen molar-refractivity contribution in [1.82, 2.24) is 15.1 Å². The van der Waals surface area contributed by atoms with Gasteiger partial charge < -0.3 is 14.6 Å². The predicted octanol–water partition coefficient (Wildman–Crippen LogP) is 2.38. The maximum absolute atomic E-state index is 13.0. The molecule has 144 valence electrons. The molecule has 3 rings (SSSR count). The second kappa shape index (κ2) is 8.86. The number of carbonyl (C=O) groups excluding carboxylic acids is 2. The summed E-state index contributed by atoms with van der Waals surface area (Å²) in [6.45, 7) is 7.78. The second-order valence-electron chi connectivity index (χ2n) is 7.26. The maximum Gasteiger partial charge on any atom is 0.287 e. The Labute approximate surface area is 160 Å². The van der Waals surface area contributed by atoms with Crippen LogP contribution in [0.1, 0.15) is 30.0 Å². The monoisotopic (exact) mass is 369 g/mol. The lowest BCUT2D eigenvalue weighted by molar-refractivity contribution is -0.136. The molecule has 1 aliphatic heterocycles. The van der Waals surface area contributed by atoms with Crippen LogP contribution in [-0.2, 0) is 11.3 Å². The molecule has 0 radical (unpaired) electrons. The van der Waals surface area contributed by atoms with Crippen LogP contribution in [0.15, 0.2) is 53.1 Å². The van der Waals surface area contributed by atoms with Gasteiger partial charge >= 0.3 is 0 Å². The smallest absolute Gasteiger partial charge is 0.287 e. The summed E-state index contributed by atoms with van der Waals surface area (Å²) in [5.74, 6) is -0.154. The van der Waals surface area contributed by atoms with Gasteiger partial charge in [0.15, 0.2) is 5.76 Å². The zero-order chi connectivity index (χ0) is 19.2. The average Bonchev–Trinajstić information content (AvgIpc) is 3.21. The van der Waals surface area contributed by atoms with E-state index >= 15 is 0 Å². The fourth-order valence-corrected chi connectivity index (χ4v) is 3.30. The SMILES string of the molecule is CC(C)[C@H](NC(=O)c1ccco1)C(=O)N1CCN(Cc2ccccc2)CC1. The summed E-state index contributed by atoms with van der Waals surface area (Å²) < 4.78 is 5.13. The summed E-state index contributed by atoms with van der Waals surface area (Å²) >= 11 is 0. The van der Waals surface area contributed by atoms with Gasteiger partial charge in [0.05, 0.1) is 6.26 Å². The molecule has 0 spiro atoms. The summed E-state index contributed by atoms with van der Waals surface area (Å²) in [6.07, 6.45) is 1.45. The highest BCUT2D eigenvalue weighted by molar-refractivity contribution is 5.95. The minimum Gasteiger partial charge on any atom is -0.459 e. The number of hydrogen-bond acceptors (Lipinski definition) is 4. The molecule has 2 amide bonds. The average molecular weight is 369 g/mol. The molecule has 1 atom stereocenters. The molecular formula is C21H27N3O3. The van der Waals surface area contributed by atoms with E-state index in [1.807, 2.05) is 36.9 Å². The van der Waals surface area contributed by atoms with Crippen molar-refractivity contribution in [2.45, 2.75) is 26.4 Å². The van der Waals surface area contributed by atoms with Gasteiger partial charge in [-0.15, -0.1) is 0 Å². The first-order chi connectivity index (χ1) is 13.0. The lowest BCUT2D eigenvalue weighted by Crippen LogP contribution is -2.56. The Kier molecular flexibility index (Phi) is 6.29. The van der Waals surface area contributed by atoms with Crippen LogP contribution >= 0.6 is 0 Å². The second-order valence-corrected chi connectivity index (χ2v) is 7.26. The number of nitrogens with one attached hydrogen (secondary N) is 1. The lowest BCUT2D eigenvalue weighted by Gasteiger charge is -2.37. The molecule has 6 nitrogen and oxygen atoms in total. The van der Waals surface area contributed by atoms with Crippen molar-refractivity contribution in [1.29, 1.82) is 0 Å². The van der Waals surface area contributed by atoms with E-state index in [0.29, 0.717) is 13.1 Å². The van der Waals surface area contributed by atoms with Crippen molar-refractivity contribution in [3.63, 3.8) is 0 Å². The number of amides is 2. The lowest BCUT2D eigenvalue weighted by atomic mass is 10.0. The molecule has 1 aromatic carbocycles.